The van der Waals surface area contributed by atoms with Crippen LogP contribution in [0.2, 0.25) is 0 Å². The number of piperidine rings is 1. The number of hydrogen-bond donors (Lipinski definition) is 1. The molecule has 0 aliphatic carbocycles. The van der Waals surface area contributed by atoms with Crippen molar-refractivity contribution in [3.63, 3.8) is 0 Å². The fraction of sp³-hybridized carbons (Fsp3) is 0.320. The minimum atomic E-state index is -0.376. The Bertz CT molecular complexity index is 1240. The van der Waals surface area contributed by atoms with E-state index in [1.54, 1.807) is 29.7 Å². The molecule has 3 aromatic heterocycles. The molecule has 35 heavy (non-hydrogen) atoms. The number of aromatic nitrogens is 3. The number of anilines is 1. The molecular weight excluding hydrogens is 480 g/mol. The molecule has 0 bridgehead atoms. The van der Waals surface area contributed by atoms with E-state index in [-0.39, 0.29) is 11.1 Å². The Morgan fingerprint density at radius 3 is 2.74 bits per heavy atom. The molecule has 2 aliphatic rings. The van der Waals surface area contributed by atoms with Gasteiger partial charge < -0.3 is 9.80 Å². The molecule has 3 aromatic rings. The predicted molar refractivity (Wildman–Crippen MR) is 140 cm³/mol. The highest BCUT2D eigenvalue weighted by Gasteiger charge is 2.26. The summed E-state index contributed by atoms with van der Waals surface area (Å²) in [6, 6.07) is 12.2. The monoisotopic (exact) mass is 506 g/mol. The number of amides is 2. The summed E-state index contributed by atoms with van der Waals surface area (Å²) in [6.07, 6.45) is 5.47. The first-order valence-electron chi connectivity index (χ1n) is 11.5. The van der Waals surface area contributed by atoms with Crippen molar-refractivity contribution in [2.75, 3.05) is 31.6 Å². The number of thiophene rings is 1. The molecule has 1 N–H and O–H groups in total. The zero-order chi connectivity index (χ0) is 24.2. The molecule has 0 unspecified atom stereocenters. The molecule has 0 atom stereocenters. The third-order valence-corrected chi connectivity index (χ3v) is 7.77. The van der Waals surface area contributed by atoms with Crippen LogP contribution in [-0.2, 0) is 11.3 Å². The van der Waals surface area contributed by atoms with E-state index >= 15 is 0 Å². The minimum absolute atomic E-state index is 0.353. The average Bonchev–Trinajstić information content (AvgIpc) is 3.50. The Morgan fingerprint density at radius 1 is 1.14 bits per heavy atom. The highest BCUT2D eigenvalue weighted by molar-refractivity contribution is 8.18. The van der Waals surface area contributed by atoms with Crippen molar-refractivity contribution >= 4 is 46.3 Å². The molecule has 8 nitrogen and oxygen atoms in total. The van der Waals surface area contributed by atoms with Crippen LogP contribution in [-0.4, -0.2) is 57.7 Å². The van der Waals surface area contributed by atoms with Gasteiger partial charge in [0.25, 0.3) is 11.1 Å². The maximum Gasteiger partial charge on any atom is 0.290 e. The minimum Gasteiger partial charge on any atom is -0.341 e. The van der Waals surface area contributed by atoms with Gasteiger partial charge in [-0.2, -0.15) is 0 Å². The van der Waals surface area contributed by atoms with Gasteiger partial charge in [-0.25, -0.2) is 9.97 Å². The Balaban J connectivity index is 1.14. The number of rotatable bonds is 7. The Kier molecular flexibility index (Phi) is 7.21. The van der Waals surface area contributed by atoms with Crippen LogP contribution in [0.25, 0.3) is 16.6 Å². The molecule has 0 aromatic carbocycles. The van der Waals surface area contributed by atoms with E-state index < -0.39 is 0 Å². The second kappa shape index (κ2) is 10.7. The first kappa shape index (κ1) is 23.7. The second-order valence-corrected chi connectivity index (χ2v) is 10.7. The molecule has 0 spiro atoms. The highest BCUT2D eigenvalue weighted by atomic mass is 32.2. The number of hydrogen-bond acceptors (Lipinski definition) is 9. The molecular formula is C25H26N6O2S2. The molecule has 2 saturated heterocycles. The van der Waals surface area contributed by atoms with Crippen molar-refractivity contribution in [1.82, 2.24) is 25.2 Å². The van der Waals surface area contributed by atoms with E-state index in [9.17, 15) is 9.59 Å². The van der Waals surface area contributed by atoms with E-state index in [1.807, 2.05) is 0 Å². The van der Waals surface area contributed by atoms with Gasteiger partial charge in [0.15, 0.2) is 0 Å². The predicted octanol–water partition coefficient (Wildman–Crippen LogP) is 4.27. The average molecular weight is 507 g/mol. The first-order valence-corrected chi connectivity index (χ1v) is 13.2. The number of carbonyl (C=O) groups is 2. The molecule has 2 amide bonds. The van der Waals surface area contributed by atoms with E-state index in [1.165, 1.54) is 4.88 Å². The smallest absolute Gasteiger partial charge is 0.290 e. The normalized spacial score (nSPS) is 18.0. The Morgan fingerprint density at radius 2 is 2.00 bits per heavy atom. The van der Waals surface area contributed by atoms with Gasteiger partial charge >= 0.3 is 0 Å². The van der Waals surface area contributed by atoms with Crippen molar-refractivity contribution in [3.05, 3.63) is 64.3 Å². The lowest BCUT2D eigenvalue weighted by molar-refractivity contribution is -0.115. The molecule has 5 rings (SSSR count). The van der Waals surface area contributed by atoms with Gasteiger partial charge in [-0.3, -0.25) is 19.9 Å². The highest BCUT2D eigenvalue weighted by Crippen LogP contribution is 2.27. The van der Waals surface area contributed by atoms with Crippen molar-refractivity contribution in [2.24, 2.45) is 5.92 Å². The van der Waals surface area contributed by atoms with Crippen LogP contribution < -0.4 is 10.2 Å². The largest absolute Gasteiger partial charge is 0.341 e. The van der Waals surface area contributed by atoms with E-state index in [0.717, 1.165) is 62.2 Å². The van der Waals surface area contributed by atoms with Crippen molar-refractivity contribution in [1.29, 1.82) is 0 Å². The topological polar surface area (TPSA) is 91.3 Å². The summed E-state index contributed by atoms with van der Waals surface area (Å²) in [4.78, 5) is 43.2. The standard InChI is InChI=1S/C25H26N6O2S2/c1-30(16-19-4-2-5-20(27-19)21-6-3-13-34-21)15-17-8-11-31(12-9-17)24-26-10-7-18(28-24)14-22-23(32)29-25(33)35-22/h2-7,10,13-14,17H,8-9,11-12,15-16H2,1H3,(H,29,32,33)/b22-14-. The zero-order valence-electron chi connectivity index (χ0n) is 19.4. The lowest BCUT2D eigenvalue weighted by Crippen LogP contribution is -2.38. The molecule has 0 radical (unpaired) electrons. The van der Waals surface area contributed by atoms with Gasteiger partial charge in [0.05, 0.1) is 26.9 Å². The summed E-state index contributed by atoms with van der Waals surface area (Å²) in [5, 5.41) is 3.99. The molecule has 0 saturated carbocycles. The lowest BCUT2D eigenvalue weighted by atomic mass is 9.96. The van der Waals surface area contributed by atoms with Crippen LogP contribution >= 0.6 is 23.1 Å². The summed E-state index contributed by atoms with van der Waals surface area (Å²) in [6.45, 7) is 3.62. The third kappa shape index (κ3) is 5.95. The van der Waals surface area contributed by atoms with Crippen molar-refractivity contribution < 1.29 is 9.59 Å². The summed E-state index contributed by atoms with van der Waals surface area (Å²) in [5.74, 6) is 0.889. The maximum absolute atomic E-state index is 11.8. The van der Waals surface area contributed by atoms with Crippen LogP contribution in [0.3, 0.4) is 0 Å². The van der Waals surface area contributed by atoms with Crippen molar-refractivity contribution in [3.8, 4) is 10.6 Å². The second-order valence-electron chi connectivity index (χ2n) is 8.75. The van der Waals surface area contributed by atoms with Gasteiger partial charge in [-0.05, 0) is 73.3 Å². The van der Waals surface area contributed by atoms with Crippen molar-refractivity contribution in [2.45, 2.75) is 19.4 Å². The quantitative estimate of drug-likeness (QED) is 0.475. The van der Waals surface area contributed by atoms with E-state index in [2.05, 4.69) is 67.8 Å². The fourth-order valence-electron chi connectivity index (χ4n) is 4.38. The Labute approximate surface area is 212 Å². The number of thioether (sulfide) groups is 1. The van der Waals surface area contributed by atoms with Gasteiger partial charge in [-0.1, -0.05) is 12.1 Å². The van der Waals surface area contributed by atoms with E-state index in [4.69, 9.17) is 4.98 Å². The summed E-state index contributed by atoms with van der Waals surface area (Å²) < 4.78 is 0. The van der Waals surface area contributed by atoms with Gasteiger partial charge in [0.2, 0.25) is 5.95 Å². The molecule has 180 valence electrons. The zero-order valence-corrected chi connectivity index (χ0v) is 21.0. The first-order chi connectivity index (χ1) is 17.0. The van der Waals surface area contributed by atoms with Gasteiger partial charge in [0, 0.05) is 32.4 Å². The number of nitrogens with zero attached hydrogens (tertiary/aromatic N) is 5. The van der Waals surface area contributed by atoms with Crippen LogP contribution in [0.4, 0.5) is 10.7 Å². The third-order valence-electron chi connectivity index (χ3n) is 6.06. The van der Waals surface area contributed by atoms with Gasteiger partial charge in [0.1, 0.15) is 0 Å². The van der Waals surface area contributed by atoms with Gasteiger partial charge in [-0.15, -0.1) is 11.3 Å². The Hall–Kier alpha value is -3.08. The number of nitrogens with one attached hydrogen (secondary N) is 1. The van der Waals surface area contributed by atoms with Crippen LogP contribution in [0.1, 0.15) is 24.2 Å². The SMILES string of the molecule is CN(Cc1cccc(-c2cccs2)n1)CC1CCN(c2nccc(/C=C3\SC(=O)NC3=O)n2)CC1. The summed E-state index contributed by atoms with van der Waals surface area (Å²) >= 11 is 2.61. The van der Waals surface area contributed by atoms with Crippen LogP contribution in [0.5, 0.6) is 0 Å². The van der Waals surface area contributed by atoms with Crippen LogP contribution in [0.15, 0.2) is 52.9 Å². The molecule has 5 heterocycles. The number of pyridine rings is 1. The molecule has 2 fully saturated rings. The molecule has 10 heteroatoms. The number of carbonyl (C=O) groups excluding carboxylic acids is 2. The maximum atomic E-state index is 11.8. The van der Waals surface area contributed by atoms with E-state index in [0.29, 0.717) is 22.5 Å². The van der Waals surface area contributed by atoms with Crippen LogP contribution in [0, 0.1) is 5.92 Å². The molecule has 2 aliphatic heterocycles. The summed E-state index contributed by atoms with van der Waals surface area (Å²) in [7, 11) is 2.16. The fourth-order valence-corrected chi connectivity index (χ4v) is 5.74. The lowest BCUT2D eigenvalue weighted by Gasteiger charge is -2.34. The number of imide groups is 1. The summed E-state index contributed by atoms with van der Waals surface area (Å²) in [5.41, 5.74) is 2.75.